The smallest absolute Gasteiger partial charge is 0.144 e. The fourth-order valence-corrected chi connectivity index (χ4v) is 5.22. The third kappa shape index (κ3) is 3.21. The van der Waals surface area contributed by atoms with Crippen LogP contribution in [-0.4, -0.2) is 9.97 Å². The molecule has 7 aromatic rings. The SMILES string of the molecule is Cc1ccc(-c2cccc3ccncc23)c2oc3c(-c4cc(-c5ccccc5)ccn4)cccc3c12. The van der Waals surface area contributed by atoms with Crippen molar-refractivity contribution in [2.24, 2.45) is 0 Å². The first-order valence-corrected chi connectivity index (χ1v) is 12.1. The number of aryl methyl sites for hydroxylation is 1. The van der Waals surface area contributed by atoms with Gasteiger partial charge in [-0.3, -0.25) is 9.97 Å². The molecule has 3 nitrogen and oxygen atoms in total. The van der Waals surface area contributed by atoms with E-state index in [0.717, 1.165) is 60.7 Å². The van der Waals surface area contributed by atoms with Crippen LogP contribution in [0.15, 0.2) is 120 Å². The Morgan fingerprint density at radius 3 is 2.39 bits per heavy atom. The van der Waals surface area contributed by atoms with Crippen molar-refractivity contribution >= 4 is 32.7 Å². The van der Waals surface area contributed by atoms with Crippen molar-refractivity contribution in [2.75, 3.05) is 0 Å². The van der Waals surface area contributed by atoms with Crippen LogP contribution in [0.5, 0.6) is 0 Å². The molecule has 170 valence electrons. The number of hydrogen-bond donors (Lipinski definition) is 0. The number of rotatable bonds is 3. The van der Waals surface area contributed by atoms with Gasteiger partial charge < -0.3 is 4.42 Å². The highest BCUT2D eigenvalue weighted by molar-refractivity contribution is 6.15. The van der Waals surface area contributed by atoms with Crippen molar-refractivity contribution in [3.05, 3.63) is 121 Å². The van der Waals surface area contributed by atoms with Crippen molar-refractivity contribution in [3.8, 4) is 33.5 Å². The number of nitrogens with zero attached hydrogens (tertiary/aromatic N) is 2. The quantitative estimate of drug-likeness (QED) is 0.263. The van der Waals surface area contributed by atoms with E-state index in [-0.39, 0.29) is 0 Å². The Balaban J connectivity index is 1.49. The zero-order valence-corrected chi connectivity index (χ0v) is 19.8. The van der Waals surface area contributed by atoms with E-state index < -0.39 is 0 Å². The van der Waals surface area contributed by atoms with Gasteiger partial charge in [0.25, 0.3) is 0 Å². The van der Waals surface area contributed by atoms with Crippen molar-refractivity contribution in [1.82, 2.24) is 9.97 Å². The number of benzene rings is 4. The number of pyridine rings is 2. The molecule has 0 aliphatic rings. The zero-order chi connectivity index (χ0) is 24.1. The number of para-hydroxylation sites is 1. The van der Waals surface area contributed by atoms with Crippen LogP contribution < -0.4 is 0 Å². The second kappa shape index (κ2) is 8.17. The maximum absolute atomic E-state index is 6.74. The summed E-state index contributed by atoms with van der Waals surface area (Å²) in [6.45, 7) is 2.15. The van der Waals surface area contributed by atoms with Gasteiger partial charge in [0.15, 0.2) is 0 Å². The summed E-state index contributed by atoms with van der Waals surface area (Å²) in [6.07, 6.45) is 5.64. The molecule has 0 saturated heterocycles. The highest BCUT2D eigenvalue weighted by Gasteiger charge is 2.19. The Hall–Kier alpha value is -4.76. The number of hydrogen-bond acceptors (Lipinski definition) is 3. The second-order valence-corrected chi connectivity index (χ2v) is 9.12. The van der Waals surface area contributed by atoms with Crippen LogP contribution in [0, 0.1) is 6.92 Å². The highest BCUT2D eigenvalue weighted by atomic mass is 16.3. The van der Waals surface area contributed by atoms with Gasteiger partial charge in [0.05, 0.1) is 5.69 Å². The van der Waals surface area contributed by atoms with E-state index >= 15 is 0 Å². The molecule has 4 aromatic carbocycles. The van der Waals surface area contributed by atoms with Gasteiger partial charge in [0.2, 0.25) is 0 Å². The minimum atomic E-state index is 0.860. The Bertz CT molecular complexity index is 1900. The van der Waals surface area contributed by atoms with Crippen LogP contribution in [0.2, 0.25) is 0 Å². The average molecular weight is 463 g/mol. The molecular formula is C33H22N2O. The topological polar surface area (TPSA) is 38.9 Å². The van der Waals surface area contributed by atoms with Crippen LogP contribution in [0.1, 0.15) is 5.56 Å². The summed E-state index contributed by atoms with van der Waals surface area (Å²) < 4.78 is 6.74. The molecule has 0 saturated carbocycles. The minimum absolute atomic E-state index is 0.860. The summed E-state index contributed by atoms with van der Waals surface area (Å²) in [5, 5.41) is 4.52. The van der Waals surface area contributed by atoms with Gasteiger partial charge >= 0.3 is 0 Å². The molecule has 0 amide bonds. The fraction of sp³-hybridized carbons (Fsp3) is 0.0303. The van der Waals surface area contributed by atoms with E-state index in [1.807, 2.05) is 30.7 Å². The first kappa shape index (κ1) is 20.6. The molecule has 0 atom stereocenters. The molecule has 0 radical (unpaired) electrons. The first-order chi connectivity index (χ1) is 17.8. The van der Waals surface area contributed by atoms with Crippen LogP contribution >= 0.6 is 0 Å². The summed E-state index contributed by atoms with van der Waals surface area (Å²) >= 11 is 0. The third-order valence-corrected chi connectivity index (χ3v) is 6.97. The van der Waals surface area contributed by atoms with Gasteiger partial charge in [-0.25, -0.2) is 0 Å². The minimum Gasteiger partial charge on any atom is -0.455 e. The lowest BCUT2D eigenvalue weighted by molar-refractivity contribution is 0.671. The molecule has 0 fully saturated rings. The molecule has 0 N–H and O–H groups in total. The lowest BCUT2D eigenvalue weighted by atomic mass is 9.95. The van der Waals surface area contributed by atoms with Crippen LogP contribution in [0.4, 0.5) is 0 Å². The second-order valence-electron chi connectivity index (χ2n) is 9.12. The van der Waals surface area contributed by atoms with Gasteiger partial charge in [0, 0.05) is 45.9 Å². The van der Waals surface area contributed by atoms with Crippen molar-refractivity contribution < 1.29 is 4.42 Å². The van der Waals surface area contributed by atoms with Crippen LogP contribution in [-0.2, 0) is 0 Å². The fourth-order valence-electron chi connectivity index (χ4n) is 5.22. The molecular weight excluding hydrogens is 440 g/mol. The number of aromatic nitrogens is 2. The summed E-state index contributed by atoms with van der Waals surface area (Å²) in [5.41, 5.74) is 9.33. The molecule has 0 unspecified atom stereocenters. The van der Waals surface area contributed by atoms with Gasteiger partial charge in [-0.1, -0.05) is 72.8 Å². The van der Waals surface area contributed by atoms with E-state index in [1.165, 1.54) is 11.1 Å². The molecule has 7 rings (SSSR count). The van der Waals surface area contributed by atoms with Gasteiger partial charge in [0.1, 0.15) is 11.2 Å². The van der Waals surface area contributed by atoms with E-state index in [2.05, 4.69) is 96.8 Å². The summed E-state index contributed by atoms with van der Waals surface area (Å²) in [7, 11) is 0. The van der Waals surface area contributed by atoms with Gasteiger partial charge in [-0.05, 0) is 58.8 Å². The molecule has 0 aliphatic heterocycles. The molecule has 0 aliphatic carbocycles. The third-order valence-electron chi connectivity index (χ3n) is 6.97. The largest absolute Gasteiger partial charge is 0.455 e. The van der Waals surface area contributed by atoms with E-state index in [4.69, 9.17) is 9.40 Å². The molecule has 0 spiro atoms. The van der Waals surface area contributed by atoms with E-state index in [9.17, 15) is 0 Å². The maximum Gasteiger partial charge on any atom is 0.144 e. The Labute approximate surface area is 208 Å². The summed E-state index contributed by atoms with van der Waals surface area (Å²) in [5.74, 6) is 0. The average Bonchev–Trinajstić information content (AvgIpc) is 3.34. The lowest BCUT2D eigenvalue weighted by Crippen LogP contribution is -1.86. The van der Waals surface area contributed by atoms with E-state index in [0.29, 0.717) is 0 Å². The van der Waals surface area contributed by atoms with Crippen molar-refractivity contribution in [3.63, 3.8) is 0 Å². The number of fused-ring (bicyclic) bond motifs is 4. The monoisotopic (exact) mass is 462 g/mol. The lowest BCUT2D eigenvalue weighted by Gasteiger charge is -2.08. The Morgan fingerprint density at radius 2 is 1.47 bits per heavy atom. The predicted molar refractivity (Wildman–Crippen MR) is 148 cm³/mol. The zero-order valence-electron chi connectivity index (χ0n) is 19.8. The normalized spacial score (nSPS) is 11.5. The Kier molecular flexibility index (Phi) is 4.68. The molecule has 3 aromatic heterocycles. The predicted octanol–water partition coefficient (Wildman–Crippen LogP) is 8.84. The summed E-state index contributed by atoms with van der Waals surface area (Å²) in [6, 6.07) is 33.7. The number of furan rings is 1. The van der Waals surface area contributed by atoms with Crippen molar-refractivity contribution in [2.45, 2.75) is 6.92 Å². The highest BCUT2D eigenvalue weighted by Crippen LogP contribution is 2.42. The standard InChI is InChI=1S/C33H22N2O/c1-21-13-14-26(25-10-5-9-23-15-17-34-20-29(23)25)33-31(21)28-12-6-11-27(32(28)36-33)30-19-24(16-18-35-30)22-7-3-2-4-8-22/h2-20H,1H3. The maximum atomic E-state index is 6.74. The van der Waals surface area contributed by atoms with Gasteiger partial charge in [-0.15, -0.1) is 0 Å². The molecule has 0 bridgehead atoms. The van der Waals surface area contributed by atoms with Crippen LogP contribution in [0.25, 0.3) is 66.2 Å². The molecule has 3 heterocycles. The molecule has 36 heavy (non-hydrogen) atoms. The van der Waals surface area contributed by atoms with Crippen LogP contribution in [0.3, 0.4) is 0 Å². The summed E-state index contributed by atoms with van der Waals surface area (Å²) in [4.78, 5) is 9.12. The molecule has 3 heteroatoms. The van der Waals surface area contributed by atoms with Crippen molar-refractivity contribution in [1.29, 1.82) is 0 Å². The van der Waals surface area contributed by atoms with E-state index in [1.54, 1.807) is 0 Å². The first-order valence-electron chi connectivity index (χ1n) is 12.1. The van der Waals surface area contributed by atoms with Gasteiger partial charge in [-0.2, -0.15) is 0 Å². The Morgan fingerprint density at radius 1 is 0.611 bits per heavy atom.